The Hall–Kier alpha value is -1.99. The molecule has 0 unspecified atom stereocenters. The van der Waals surface area contributed by atoms with Gasteiger partial charge in [-0.05, 0) is 44.2 Å². The van der Waals surface area contributed by atoms with Crippen molar-refractivity contribution >= 4 is 69.2 Å². The van der Waals surface area contributed by atoms with Crippen molar-refractivity contribution in [2.24, 2.45) is 0 Å². The maximum atomic E-state index is 12.8. The third kappa shape index (κ3) is 5.67. The lowest BCUT2D eigenvalue weighted by Gasteiger charge is -2.22. The van der Waals surface area contributed by atoms with Gasteiger partial charge in [-0.2, -0.15) is 0 Å². The molecule has 0 N–H and O–H groups in total. The van der Waals surface area contributed by atoms with Crippen LogP contribution < -0.4 is 9.64 Å². The van der Waals surface area contributed by atoms with Crippen LogP contribution in [0.25, 0.3) is 6.08 Å². The lowest BCUT2D eigenvalue weighted by molar-refractivity contribution is -0.121. The van der Waals surface area contributed by atoms with E-state index in [4.69, 9.17) is 40.2 Å². The first-order chi connectivity index (χ1) is 15.4. The molecule has 1 heterocycles. The first kappa shape index (κ1) is 24.6. The number of carbonyl (C=O) groups excluding carboxylic acids is 1. The van der Waals surface area contributed by atoms with Gasteiger partial charge in [0.1, 0.15) is 16.7 Å². The van der Waals surface area contributed by atoms with Gasteiger partial charge in [0.2, 0.25) is 0 Å². The summed E-state index contributed by atoms with van der Waals surface area (Å²) in [6.45, 7) is 10.3. The predicted octanol–water partition coefficient (Wildman–Crippen LogP) is 6.81. The van der Waals surface area contributed by atoms with Crippen molar-refractivity contribution in [1.82, 2.24) is 4.90 Å². The predicted molar refractivity (Wildman–Crippen MR) is 141 cm³/mol. The number of thiocarbonyl (C=S) groups is 1. The average molecular weight is 508 g/mol. The molecular formula is C24H24Cl2N2O2S2. The van der Waals surface area contributed by atoms with Crippen LogP contribution in [0.3, 0.4) is 0 Å². The van der Waals surface area contributed by atoms with Crippen LogP contribution in [0, 0.1) is 0 Å². The Bertz CT molecular complexity index is 1070. The minimum Gasteiger partial charge on any atom is -0.488 e. The van der Waals surface area contributed by atoms with E-state index in [1.807, 2.05) is 30.3 Å². The summed E-state index contributed by atoms with van der Waals surface area (Å²) in [4.78, 5) is 17.1. The Labute approximate surface area is 208 Å². The number of rotatable bonds is 9. The molecule has 1 aliphatic rings. The fourth-order valence-electron chi connectivity index (χ4n) is 3.27. The van der Waals surface area contributed by atoms with Crippen molar-refractivity contribution in [2.45, 2.75) is 20.5 Å². The summed E-state index contributed by atoms with van der Waals surface area (Å²) < 4.78 is 6.71. The van der Waals surface area contributed by atoms with Crippen LogP contribution in [-0.4, -0.2) is 34.8 Å². The zero-order chi connectivity index (χ0) is 23.3. The summed E-state index contributed by atoms with van der Waals surface area (Å²) in [5.74, 6) is 0.536. The van der Waals surface area contributed by atoms with Crippen LogP contribution in [0.4, 0.5) is 5.69 Å². The van der Waals surface area contributed by atoms with Gasteiger partial charge in [-0.3, -0.25) is 9.69 Å². The number of anilines is 1. The van der Waals surface area contributed by atoms with E-state index in [2.05, 4.69) is 25.3 Å². The van der Waals surface area contributed by atoms with E-state index in [-0.39, 0.29) is 12.5 Å². The molecule has 1 aliphatic heterocycles. The summed E-state index contributed by atoms with van der Waals surface area (Å²) in [6.07, 6.45) is 3.49. The smallest absolute Gasteiger partial charge is 0.266 e. The standard InChI is InChI=1S/C24H24Cl2N2O2S2/c1-4-11-28-23(29)22(32-24(28)31)12-16-8-10-19(27(5-2)6-3)14-21(16)30-15-17-7-9-18(25)13-20(17)26/h4,7-10,12-14H,1,5-6,11,15H2,2-3H3. The summed E-state index contributed by atoms with van der Waals surface area (Å²) in [7, 11) is 0. The van der Waals surface area contributed by atoms with E-state index >= 15 is 0 Å². The van der Waals surface area contributed by atoms with Gasteiger partial charge in [0, 0.05) is 52.6 Å². The molecule has 3 rings (SSSR count). The van der Waals surface area contributed by atoms with E-state index in [0.29, 0.717) is 31.6 Å². The van der Waals surface area contributed by atoms with Crippen molar-refractivity contribution < 1.29 is 9.53 Å². The number of nitrogens with zero attached hydrogens (tertiary/aromatic N) is 2. The molecule has 0 aliphatic carbocycles. The molecule has 0 bridgehead atoms. The number of benzene rings is 2. The zero-order valence-corrected chi connectivity index (χ0v) is 21.1. The summed E-state index contributed by atoms with van der Waals surface area (Å²) in [5, 5.41) is 1.12. The second-order valence-electron chi connectivity index (χ2n) is 7.00. The van der Waals surface area contributed by atoms with E-state index < -0.39 is 0 Å². The highest BCUT2D eigenvalue weighted by Gasteiger charge is 2.31. The first-order valence-corrected chi connectivity index (χ1v) is 12.2. The van der Waals surface area contributed by atoms with Crippen LogP contribution in [-0.2, 0) is 11.4 Å². The van der Waals surface area contributed by atoms with Crippen LogP contribution in [0.2, 0.25) is 10.0 Å². The van der Waals surface area contributed by atoms with Gasteiger partial charge < -0.3 is 9.64 Å². The molecule has 0 atom stereocenters. The third-order valence-corrected chi connectivity index (χ3v) is 6.96. The van der Waals surface area contributed by atoms with E-state index in [1.54, 1.807) is 18.2 Å². The number of ether oxygens (including phenoxy) is 1. The van der Waals surface area contributed by atoms with Crippen molar-refractivity contribution in [3.63, 3.8) is 0 Å². The number of thioether (sulfide) groups is 1. The highest BCUT2D eigenvalue weighted by molar-refractivity contribution is 8.26. The number of hydrogen-bond donors (Lipinski definition) is 0. The molecule has 2 aromatic carbocycles. The van der Waals surface area contributed by atoms with Crippen LogP contribution in [0.15, 0.2) is 54.0 Å². The molecule has 8 heteroatoms. The van der Waals surface area contributed by atoms with Crippen molar-refractivity contribution in [3.05, 3.63) is 75.1 Å². The molecule has 0 aromatic heterocycles. The van der Waals surface area contributed by atoms with E-state index in [1.165, 1.54) is 16.7 Å². The number of amides is 1. The highest BCUT2D eigenvalue weighted by Crippen LogP contribution is 2.36. The molecule has 2 aromatic rings. The Morgan fingerprint density at radius 1 is 1.19 bits per heavy atom. The molecule has 1 saturated heterocycles. The maximum absolute atomic E-state index is 12.8. The highest BCUT2D eigenvalue weighted by atomic mass is 35.5. The molecule has 168 valence electrons. The summed E-state index contributed by atoms with van der Waals surface area (Å²) in [6, 6.07) is 11.3. The normalized spacial score (nSPS) is 14.9. The molecule has 0 saturated carbocycles. The number of hydrogen-bond acceptors (Lipinski definition) is 5. The minimum atomic E-state index is -0.126. The molecule has 0 spiro atoms. The van der Waals surface area contributed by atoms with Gasteiger partial charge in [-0.15, -0.1) is 6.58 Å². The molecule has 0 radical (unpaired) electrons. The lowest BCUT2D eigenvalue weighted by Crippen LogP contribution is -2.27. The molecular weight excluding hydrogens is 483 g/mol. The molecule has 1 fully saturated rings. The molecule has 1 amide bonds. The topological polar surface area (TPSA) is 32.8 Å². The van der Waals surface area contributed by atoms with Crippen molar-refractivity contribution in [2.75, 3.05) is 24.5 Å². The van der Waals surface area contributed by atoms with Gasteiger partial charge in [0.25, 0.3) is 5.91 Å². The first-order valence-electron chi connectivity index (χ1n) is 10.2. The Morgan fingerprint density at radius 2 is 1.94 bits per heavy atom. The lowest BCUT2D eigenvalue weighted by atomic mass is 10.1. The number of carbonyl (C=O) groups is 1. The second-order valence-corrected chi connectivity index (χ2v) is 9.52. The minimum absolute atomic E-state index is 0.126. The Balaban J connectivity index is 1.95. The SMILES string of the molecule is C=CCN1C(=O)C(=Cc2ccc(N(CC)CC)cc2OCc2ccc(Cl)cc2Cl)SC1=S. The van der Waals surface area contributed by atoms with Gasteiger partial charge in [0.15, 0.2) is 0 Å². The molecule has 32 heavy (non-hydrogen) atoms. The average Bonchev–Trinajstić information content (AvgIpc) is 3.03. The largest absolute Gasteiger partial charge is 0.488 e. The van der Waals surface area contributed by atoms with Crippen molar-refractivity contribution in [3.8, 4) is 5.75 Å². The summed E-state index contributed by atoms with van der Waals surface area (Å²) >= 11 is 19.0. The van der Waals surface area contributed by atoms with Crippen LogP contribution >= 0.6 is 47.2 Å². The Morgan fingerprint density at radius 3 is 2.59 bits per heavy atom. The fraction of sp³-hybridized carbons (Fsp3) is 0.250. The van der Waals surface area contributed by atoms with Crippen molar-refractivity contribution in [1.29, 1.82) is 0 Å². The van der Waals surface area contributed by atoms with Crippen LogP contribution in [0.5, 0.6) is 5.75 Å². The van der Waals surface area contributed by atoms with E-state index in [9.17, 15) is 4.79 Å². The van der Waals surface area contributed by atoms with Gasteiger partial charge >= 0.3 is 0 Å². The van der Waals surface area contributed by atoms with Gasteiger partial charge in [-0.25, -0.2) is 0 Å². The van der Waals surface area contributed by atoms with Gasteiger partial charge in [0.05, 0.1) is 4.91 Å². The quantitative estimate of drug-likeness (QED) is 0.212. The summed E-state index contributed by atoms with van der Waals surface area (Å²) in [5.41, 5.74) is 2.67. The number of halogens is 2. The third-order valence-electron chi connectivity index (χ3n) is 5.00. The zero-order valence-electron chi connectivity index (χ0n) is 17.9. The van der Waals surface area contributed by atoms with Gasteiger partial charge in [-0.1, -0.05) is 59.3 Å². The Kier molecular flexibility index (Phi) is 8.65. The molecule has 4 nitrogen and oxygen atoms in total. The maximum Gasteiger partial charge on any atom is 0.266 e. The second kappa shape index (κ2) is 11.2. The van der Waals surface area contributed by atoms with Crippen LogP contribution in [0.1, 0.15) is 25.0 Å². The monoisotopic (exact) mass is 506 g/mol. The fourth-order valence-corrected chi connectivity index (χ4v) is 5.00. The van der Waals surface area contributed by atoms with E-state index in [0.717, 1.165) is 29.9 Å².